The van der Waals surface area contributed by atoms with Crippen molar-refractivity contribution in [1.82, 2.24) is 25.1 Å². The Labute approximate surface area is 151 Å². The van der Waals surface area contributed by atoms with E-state index in [9.17, 15) is 4.79 Å². The average molecular weight is 357 g/mol. The number of hydrogen-bond donors (Lipinski definition) is 2. The Morgan fingerprint density at radius 1 is 1.31 bits per heavy atom. The van der Waals surface area contributed by atoms with Crippen LogP contribution in [0.4, 0.5) is 16.3 Å². The predicted octanol–water partition coefficient (Wildman–Crippen LogP) is 1.47. The standard InChI is InChI=1S/C17H23N7O2/c1-12-14(4-5-15(20-12)23-6-8-26-9-7-23)21-17(25)18-10-16-22-19-11-24(16)13-2-3-13/h4-5,11,13H,2-3,6-10H2,1H3,(H2,18,21,25). The zero-order chi connectivity index (χ0) is 17.9. The molecule has 1 saturated heterocycles. The molecule has 1 aliphatic carbocycles. The molecule has 2 aromatic rings. The molecule has 0 aromatic carbocycles. The van der Waals surface area contributed by atoms with Crippen LogP contribution in [-0.2, 0) is 11.3 Å². The van der Waals surface area contributed by atoms with E-state index in [-0.39, 0.29) is 6.03 Å². The first-order chi connectivity index (χ1) is 12.7. The van der Waals surface area contributed by atoms with Crippen LogP contribution >= 0.6 is 0 Å². The molecule has 0 unspecified atom stereocenters. The van der Waals surface area contributed by atoms with Crippen molar-refractivity contribution in [2.45, 2.75) is 32.4 Å². The van der Waals surface area contributed by atoms with Crippen LogP contribution in [-0.4, -0.2) is 52.1 Å². The van der Waals surface area contributed by atoms with Crippen LogP contribution < -0.4 is 15.5 Å². The van der Waals surface area contributed by atoms with E-state index >= 15 is 0 Å². The SMILES string of the molecule is Cc1nc(N2CCOCC2)ccc1NC(=O)NCc1nncn1C1CC1. The second-order valence-electron chi connectivity index (χ2n) is 6.60. The van der Waals surface area contributed by atoms with Crippen molar-refractivity contribution in [3.63, 3.8) is 0 Å². The minimum Gasteiger partial charge on any atom is -0.378 e. The number of aromatic nitrogens is 4. The molecule has 0 atom stereocenters. The van der Waals surface area contributed by atoms with Crippen LogP contribution in [0.5, 0.6) is 0 Å². The Balaban J connectivity index is 1.34. The van der Waals surface area contributed by atoms with Gasteiger partial charge in [0.05, 0.1) is 31.1 Å². The van der Waals surface area contributed by atoms with Crippen molar-refractivity contribution in [2.24, 2.45) is 0 Å². The molecular weight excluding hydrogens is 334 g/mol. The van der Waals surface area contributed by atoms with Gasteiger partial charge in [0, 0.05) is 19.1 Å². The largest absolute Gasteiger partial charge is 0.378 e. The van der Waals surface area contributed by atoms with Crippen molar-refractivity contribution >= 4 is 17.5 Å². The lowest BCUT2D eigenvalue weighted by Crippen LogP contribution is -2.36. The fraction of sp³-hybridized carbons (Fsp3) is 0.529. The third-order valence-electron chi connectivity index (χ3n) is 4.65. The van der Waals surface area contributed by atoms with Crippen LogP contribution in [0.1, 0.15) is 30.4 Å². The second kappa shape index (κ2) is 7.28. The first kappa shape index (κ1) is 16.8. The third kappa shape index (κ3) is 3.77. The van der Waals surface area contributed by atoms with Crippen molar-refractivity contribution in [3.05, 3.63) is 30.0 Å². The van der Waals surface area contributed by atoms with Crippen molar-refractivity contribution in [1.29, 1.82) is 0 Å². The molecule has 26 heavy (non-hydrogen) atoms. The Kier molecular flexibility index (Phi) is 4.70. The Hall–Kier alpha value is -2.68. The van der Waals surface area contributed by atoms with Gasteiger partial charge in [-0.3, -0.25) is 0 Å². The topological polar surface area (TPSA) is 97.2 Å². The maximum atomic E-state index is 12.2. The molecule has 2 aliphatic rings. The normalized spacial score (nSPS) is 17.2. The zero-order valence-electron chi connectivity index (χ0n) is 14.8. The molecule has 2 amide bonds. The molecule has 9 heteroatoms. The highest BCUT2D eigenvalue weighted by Gasteiger charge is 2.26. The third-order valence-corrected chi connectivity index (χ3v) is 4.65. The lowest BCUT2D eigenvalue weighted by atomic mass is 10.3. The number of rotatable bonds is 5. The maximum absolute atomic E-state index is 12.2. The number of morpholine rings is 1. The molecule has 0 spiro atoms. The molecule has 0 radical (unpaired) electrons. The summed E-state index contributed by atoms with van der Waals surface area (Å²) in [6, 6.07) is 4.03. The van der Waals surface area contributed by atoms with Gasteiger partial charge >= 0.3 is 6.03 Å². The number of pyridine rings is 1. The minimum absolute atomic E-state index is 0.278. The van der Waals surface area contributed by atoms with Gasteiger partial charge in [0.25, 0.3) is 0 Å². The number of urea groups is 1. The molecule has 2 N–H and O–H groups in total. The molecule has 9 nitrogen and oxygen atoms in total. The number of ether oxygens (including phenoxy) is 1. The Bertz CT molecular complexity index is 781. The number of amides is 2. The highest BCUT2D eigenvalue weighted by atomic mass is 16.5. The van der Waals surface area contributed by atoms with E-state index in [1.165, 1.54) is 0 Å². The van der Waals surface area contributed by atoms with Gasteiger partial charge in [-0.1, -0.05) is 0 Å². The van der Waals surface area contributed by atoms with Crippen LogP contribution in [0, 0.1) is 6.92 Å². The maximum Gasteiger partial charge on any atom is 0.319 e. The highest BCUT2D eigenvalue weighted by Crippen LogP contribution is 2.35. The number of anilines is 2. The first-order valence-corrected chi connectivity index (χ1v) is 8.94. The number of aryl methyl sites for hydroxylation is 1. The van der Waals surface area contributed by atoms with Crippen LogP contribution in [0.3, 0.4) is 0 Å². The van der Waals surface area contributed by atoms with Crippen LogP contribution in [0.2, 0.25) is 0 Å². The van der Waals surface area contributed by atoms with Crippen molar-refractivity contribution in [3.8, 4) is 0 Å². The van der Waals surface area contributed by atoms with Gasteiger partial charge in [-0.15, -0.1) is 10.2 Å². The van der Waals surface area contributed by atoms with Crippen LogP contribution in [0.25, 0.3) is 0 Å². The molecule has 138 valence electrons. The van der Waals surface area contributed by atoms with Gasteiger partial charge in [0.15, 0.2) is 5.82 Å². The van der Waals surface area contributed by atoms with Crippen LogP contribution in [0.15, 0.2) is 18.5 Å². The summed E-state index contributed by atoms with van der Waals surface area (Å²) in [6.07, 6.45) is 4.03. The lowest BCUT2D eigenvalue weighted by molar-refractivity contribution is 0.122. The molecule has 4 rings (SSSR count). The monoisotopic (exact) mass is 357 g/mol. The van der Waals surface area contributed by atoms with Gasteiger partial charge in [0.1, 0.15) is 12.1 Å². The quantitative estimate of drug-likeness (QED) is 0.841. The number of nitrogens with zero attached hydrogens (tertiary/aromatic N) is 5. The molecule has 0 bridgehead atoms. The van der Waals surface area contributed by atoms with Crippen molar-refractivity contribution in [2.75, 3.05) is 36.5 Å². The molecule has 2 aromatic heterocycles. The molecule has 2 fully saturated rings. The highest BCUT2D eigenvalue weighted by molar-refractivity contribution is 5.89. The van der Waals surface area contributed by atoms with Gasteiger partial charge in [-0.05, 0) is 31.9 Å². The molecule has 1 aliphatic heterocycles. The van der Waals surface area contributed by atoms with E-state index in [4.69, 9.17) is 4.74 Å². The summed E-state index contributed by atoms with van der Waals surface area (Å²) in [6.45, 7) is 5.34. The fourth-order valence-electron chi connectivity index (χ4n) is 3.03. The van der Waals surface area contributed by atoms with Gasteiger partial charge in [-0.25, -0.2) is 9.78 Å². The molecule has 1 saturated carbocycles. The van der Waals surface area contributed by atoms with E-state index in [0.29, 0.717) is 31.5 Å². The minimum atomic E-state index is -0.278. The molecular formula is C17H23N7O2. The van der Waals surface area contributed by atoms with Crippen molar-refractivity contribution < 1.29 is 9.53 Å². The summed E-state index contributed by atoms with van der Waals surface area (Å²) in [5, 5.41) is 13.7. The van der Waals surface area contributed by atoms with Gasteiger partial charge < -0.3 is 24.8 Å². The summed E-state index contributed by atoms with van der Waals surface area (Å²) >= 11 is 0. The Morgan fingerprint density at radius 2 is 2.12 bits per heavy atom. The first-order valence-electron chi connectivity index (χ1n) is 8.94. The smallest absolute Gasteiger partial charge is 0.319 e. The number of nitrogens with one attached hydrogen (secondary N) is 2. The summed E-state index contributed by atoms with van der Waals surface area (Å²) in [7, 11) is 0. The van der Waals surface area contributed by atoms with Gasteiger partial charge in [-0.2, -0.15) is 0 Å². The summed E-state index contributed by atoms with van der Waals surface area (Å²) < 4.78 is 7.40. The second-order valence-corrected chi connectivity index (χ2v) is 6.60. The van der Waals surface area contributed by atoms with E-state index < -0.39 is 0 Å². The van der Waals surface area contributed by atoms with E-state index in [1.807, 2.05) is 23.6 Å². The number of hydrogen-bond acceptors (Lipinski definition) is 6. The summed E-state index contributed by atoms with van der Waals surface area (Å²) in [5.41, 5.74) is 1.48. The number of carbonyl (C=O) groups excluding carboxylic acids is 1. The molecule has 3 heterocycles. The van der Waals surface area contributed by atoms with E-state index in [0.717, 1.165) is 43.3 Å². The average Bonchev–Trinajstić information content (AvgIpc) is 3.40. The van der Waals surface area contributed by atoms with E-state index in [1.54, 1.807) is 6.33 Å². The van der Waals surface area contributed by atoms with Gasteiger partial charge in [0.2, 0.25) is 0 Å². The predicted molar refractivity (Wildman–Crippen MR) is 96.2 cm³/mol. The zero-order valence-corrected chi connectivity index (χ0v) is 14.8. The summed E-state index contributed by atoms with van der Waals surface area (Å²) in [4.78, 5) is 19.0. The Morgan fingerprint density at radius 3 is 2.85 bits per heavy atom. The number of carbonyl (C=O) groups is 1. The lowest BCUT2D eigenvalue weighted by Gasteiger charge is -2.28. The van der Waals surface area contributed by atoms with E-state index in [2.05, 4.69) is 30.7 Å². The fourth-order valence-corrected chi connectivity index (χ4v) is 3.03. The summed E-state index contributed by atoms with van der Waals surface area (Å²) in [5.74, 6) is 1.69.